The number of nitrogens with one attached hydrogen (secondary N) is 1. The SMILES string of the molecule is N#Cc1ccc(Cl)c(S(=O)(=O)Nc2ccccc2Cl)c1. The lowest BCUT2D eigenvalue weighted by atomic mass is 10.2. The Kier molecular flexibility index (Phi) is 4.19. The van der Waals surface area contributed by atoms with Crippen LogP contribution in [-0.4, -0.2) is 8.42 Å². The number of sulfonamides is 1. The minimum atomic E-state index is -3.92. The van der Waals surface area contributed by atoms with Crippen molar-refractivity contribution < 1.29 is 8.42 Å². The number of benzene rings is 2. The van der Waals surface area contributed by atoms with Crippen molar-refractivity contribution in [1.82, 2.24) is 0 Å². The molecule has 0 aliphatic heterocycles. The third-order valence-electron chi connectivity index (χ3n) is 2.47. The molecule has 0 amide bonds. The minimum absolute atomic E-state index is 0.0311. The molecular weight excluding hydrogens is 319 g/mol. The fraction of sp³-hybridized carbons (Fsp3) is 0. The van der Waals surface area contributed by atoms with E-state index in [0.717, 1.165) is 0 Å². The largest absolute Gasteiger partial charge is 0.278 e. The van der Waals surface area contributed by atoms with Crippen LogP contribution >= 0.6 is 23.2 Å². The Morgan fingerprint density at radius 3 is 2.40 bits per heavy atom. The van der Waals surface area contributed by atoms with Gasteiger partial charge in [-0.15, -0.1) is 0 Å². The van der Waals surface area contributed by atoms with Gasteiger partial charge in [0.15, 0.2) is 0 Å². The molecule has 0 fully saturated rings. The van der Waals surface area contributed by atoms with Gasteiger partial charge in [-0.2, -0.15) is 5.26 Å². The summed E-state index contributed by atoms with van der Waals surface area (Å²) >= 11 is 11.8. The number of anilines is 1. The molecule has 0 saturated carbocycles. The molecule has 0 bridgehead atoms. The van der Waals surface area contributed by atoms with Gasteiger partial charge in [-0.1, -0.05) is 35.3 Å². The van der Waals surface area contributed by atoms with Crippen molar-refractivity contribution >= 4 is 38.9 Å². The summed E-state index contributed by atoms with van der Waals surface area (Å²) in [5, 5.41) is 9.12. The molecule has 2 aromatic rings. The summed E-state index contributed by atoms with van der Waals surface area (Å²) < 4.78 is 26.9. The van der Waals surface area contributed by atoms with E-state index >= 15 is 0 Å². The van der Waals surface area contributed by atoms with Gasteiger partial charge in [-0.3, -0.25) is 4.72 Å². The molecule has 0 radical (unpaired) electrons. The van der Waals surface area contributed by atoms with Gasteiger partial charge in [0, 0.05) is 0 Å². The molecule has 0 saturated heterocycles. The van der Waals surface area contributed by atoms with E-state index in [1.807, 2.05) is 6.07 Å². The molecule has 0 spiro atoms. The zero-order chi connectivity index (χ0) is 14.8. The predicted octanol–water partition coefficient (Wildman–Crippen LogP) is 3.67. The average molecular weight is 327 g/mol. The van der Waals surface area contributed by atoms with Crippen LogP contribution in [0.3, 0.4) is 0 Å². The van der Waals surface area contributed by atoms with Gasteiger partial charge in [0.1, 0.15) is 4.90 Å². The van der Waals surface area contributed by atoms with Crippen molar-refractivity contribution in [2.24, 2.45) is 0 Å². The minimum Gasteiger partial charge on any atom is -0.278 e. The molecular formula is C13H8Cl2N2O2S. The first-order valence-electron chi connectivity index (χ1n) is 5.41. The molecule has 2 rings (SSSR count). The highest BCUT2D eigenvalue weighted by molar-refractivity contribution is 7.92. The highest BCUT2D eigenvalue weighted by atomic mass is 35.5. The predicted molar refractivity (Wildman–Crippen MR) is 78.4 cm³/mol. The summed E-state index contributed by atoms with van der Waals surface area (Å²) in [6.07, 6.45) is 0. The van der Waals surface area contributed by atoms with Crippen molar-refractivity contribution in [3.05, 3.63) is 58.1 Å². The quantitative estimate of drug-likeness (QED) is 0.935. The summed E-state index contributed by atoms with van der Waals surface area (Å²) in [6, 6.07) is 12.3. The first kappa shape index (κ1) is 14.7. The van der Waals surface area contributed by atoms with E-state index in [1.54, 1.807) is 18.2 Å². The van der Waals surface area contributed by atoms with Crippen LogP contribution in [0.4, 0.5) is 5.69 Å². The summed E-state index contributed by atoms with van der Waals surface area (Å²) in [6.45, 7) is 0. The maximum absolute atomic E-state index is 12.3. The van der Waals surface area contributed by atoms with Gasteiger partial charge in [-0.25, -0.2) is 8.42 Å². The standard InChI is InChI=1S/C13H8Cl2N2O2S/c14-10-3-1-2-4-12(10)17-20(18,19)13-7-9(8-16)5-6-11(13)15/h1-7,17H. The van der Waals surface area contributed by atoms with Gasteiger partial charge in [0.25, 0.3) is 10.0 Å². The Morgan fingerprint density at radius 1 is 1.05 bits per heavy atom. The van der Waals surface area contributed by atoms with Gasteiger partial charge in [-0.05, 0) is 30.3 Å². The Labute approximate surface area is 126 Å². The van der Waals surface area contributed by atoms with Gasteiger partial charge in [0.05, 0.1) is 27.4 Å². The number of nitriles is 1. The Morgan fingerprint density at radius 2 is 1.75 bits per heavy atom. The number of rotatable bonds is 3. The van der Waals surface area contributed by atoms with Gasteiger partial charge >= 0.3 is 0 Å². The third kappa shape index (κ3) is 3.05. The molecule has 1 N–H and O–H groups in total. The van der Waals surface area contributed by atoms with Crippen molar-refractivity contribution in [1.29, 1.82) is 5.26 Å². The van der Waals surface area contributed by atoms with Crippen LogP contribution in [0.2, 0.25) is 10.0 Å². The van der Waals surface area contributed by atoms with Gasteiger partial charge in [0.2, 0.25) is 0 Å². The second-order valence-corrected chi connectivity index (χ2v) is 6.31. The number of hydrogen-bond acceptors (Lipinski definition) is 3. The van der Waals surface area contributed by atoms with Crippen LogP contribution in [-0.2, 0) is 10.0 Å². The molecule has 0 heterocycles. The molecule has 2 aromatic carbocycles. The lowest BCUT2D eigenvalue weighted by Gasteiger charge is -2.10. The fourth-order valence-electron chi connectivity index (χ4n) is 1.52. The van der Waals surface area contributed by atoms with E-state index < -0.39 is 10.0 Å². The smallest absolute Gasteiger partial charge is 0.263 e. The van der Waals surface area contributed by atoms with E-state index in [2.05, 4.69) is 4.72 Å². The lowest BCUT2D eigenvalue weighted by Crippen LogP contribution is -2.14. The van der Waals surface area contributed by atoms with Crippen LogP contribution in [0.1, 0.15) is 5.56 Å². The number of para-hydroxylation sites is 1. The third-order valence-corrected chi connectivity index (χ3v) is 4.64. The number of halogens is 2. The molecule has 102 valence electrons. The molecule has 20 heavy (non-hydrogen) atoms. The van der Waals surface area contributed by atoms with E-state index in [-0.39, 0.29) is 26.2 Å². The molecule has 0 aliphatic carbocycles. The Balaban J connectivity index is 2.47. The lowest BCUT2D eigenvalue weighted by molar-refractivity contribution is 0.601. The molecule has 7 heteroatoms. The topological polar surface area (TPSA) is 70.0 Å². The maximum atomic E-state index is 12.3. The van der Waals surface area contributed by atoms with E-state index in [9.17, 15) is 8.42 Å². The van der Waals surface area contributed by atoms with Crippen LogP contribution in [0.25, 0.3) is 0 Å². The number of hydrogen-bond donors (Lipinski definition) is 1. The highest BCUT2D eigenvalue weighted by Crippen LogP contribution is 2.27. The molecule has 0 unspecified atom stereocenters. The van der Waals surface area contributed by atoms with Crippen LogP contribution in [0.5, 0.6) is 0 Å². The van der Waals surface area contributed by atoms with Gasteiger partial charge < -0.3 is 0 Å². The van der Waals surface area contributed by atoms with Crippen molar-refractivity contribution in [3.8, 4) is 6.07 Å². The second kappa shape index (κ2) is 5.71. The zero-order valence-corrected chi connectivity index (χ0v) is 12.3. The van der Waals surface area contributed by atoms with E-state index in [1.165, 1.54) is 24.3 Å². The summed E-state index contributed by atoms with van der Waals surface area (Å²) in [7, 11) is -3.92. The first-order chi connectivity index (χ1) is 9.44. The summed E-state index contributed by atoms with van der Waals surface area (Å²) in [5.41, 5.74) is 0.446. The van der Waals surface area contributed by atoms with Crippen molar-refractivity contribution in [2.45, 2.75) is 4.90 Å². The monoisotopic (exact) mass is 326 g/mol. The first-order valence-corrected chi connectivity index (χ1v) is 7.65. The van der Waals surface area contributed by atoms with E-state index in [4.69, 9.17) is 28.5 Å². The molecule has 0 atom stereocenters. The van der Waals surface area contributed by atoms with Crippen LogP contribution in [0.15, 0.2) is 47.4 Å². The normalized spacial score (nSPS) is 10.8. The van der Waals surface area contributed by atoms with Crippen LogP contribution in [0, 0.1) is 11.3 Å². The Hall–Kier alpha value is -1.74. The molecule has 0 aliphatic rings. The molecule has 0 aromatic heterocycles. The number of nitrogens with zero attached hydrogens (tertiary/aromatic N) is 1. The van der Waals surface area contributed by atoms with Crippen molar-refractivity contribution in [2.75, 3.05) is 4.72 Å². The molecule has 4 nitrogen and oxygen atoms in total. The fourth-order valence-corrected chi connectivity index (χ4v) is 3.37. The average Bonchev–Trinajstić information content (AvgIpc) is 2.41. The van der Waals surface area contributed by atoms with Crippen LogP contribution < -0.4 is 4.72 Å². The summed E-state index contributed by atoms with van der Waals surface area (Å²) in [4.78, 5) is -0.168. The zero-order valence-electron chi connectivity index (χ0n) is 9.97. The van der Waals surface area contributed by atoms with Crippen molar-refractivity contribution in [3.63, 3.8) is 0 Å². The summed E-state index contributed by atoms with van der Waals surface area (Å²) in [5.74, 6) is 0. The maximum Gasteiger partial charge on any atom is 0.263 e. The van der Waals surface area contributed by atoms with E-state index in [0.29, 0.717) is 0 Å². The highest BCUT2D eigenvalue weighted by Gasteiger charge is 2.19. The second-order valence-electron chi connectivity index (χ2n) is 3.84. The Bertz CT molecular complexity index is 798.